The molecule has 1 atom stereocenters. The van der Waals surface area contributed by atoms with Crippen molar-refractivity contribution < 1.29 is 4.79 Å². The molecule has 1 fully saturated rings. The van der Waals surface area contributed by atoms with E-state index in [4.69, 9.17) is 4.98 Å². The third kappa shape index (κ3) is 3.75. The van der Waals surface area contributed by atoms with Gasteiger partial charge in [-0.15, -0.1) is 0 Å². The Hall–Kier alpha value is -1.55. The topological polar surface area (TPSA) is 33.2 Å². The van der Waals surface area contributed by atoms with Crippen LogP contribution in [0.1, 0.15) is 44.2 Å². The molecule has 0 N–H and O–H groups in total. The maximum Gasteiger partial charge on any atom is 0.233 e. The molecule has 24 heavy (non-hydrogen) atoms. The number of hydrogen-bond donors (Lipinski definition) is 0. The van der Waals surface area contributed by atoms with Crippen LogP contribution in [0.15, 0.2) is 29.3 Å². The minimum Gasteiger partial charge on any atom is -0.339 e. The van der Waals surface area contributed by atoms with Crippen molar-refractivity contribution in [3.8, 4) is 0 Å². The maximum absolute atomic E-state index is 12.6. The van der Waals surface area contributed by atoms with Crippen LogP contribution in [0, 0.1) is 6.92 Å². The number of aromatic nitrogens is 1. The summed E-state index contributed by atoms with van der Waals surface area (Å²) in [5, 5.41) is 2.19. The number of benzene rings is 1. The SMILES string of the molecule is CCc1cc2ccc(C)cc2nc1SCC(=O)N1CCCC[C@H]1C. The number of nitrogens with zero attached hydrogens (tertiary/aromatic N) is 2. The van der Waals surface area contributed by atoms with Crippen molar-refractivity contribution in [3.05, 3.63) is 35.4 Å². The third-order valence-corrected chi connectivity index (χ3v) is 5.87. The lowest BCUT2D eigenvalue weighted by Gasteiger charge is -2.33. The number of likely N-dealkylation sites (tertiary alicyclic amines) is 1. The van der Waals surface area contributed by atoms with Gasteiger partial charge in [0.1, 0.15) is 5.03 Å². The van der Waals surface area contributed by atoms with Crippen molar-refractivity contribution >= 4 is 28.6 Å². The van der Waals surface area contributed by atoms with E-state index < -0.39 is 0 Å². The van der Waals surface area contributed by atoms with Gasteiger partial charge in [0.25, 0.3) is 0 Å². The molecular formula is C20H26N2OS. The maximum atomic E-state index is 12.6. The van der Waals surface area contributed by atoms with Crippen molar-refractivity contribution in [2.24, 2.45) is 0 Å². The van der Waals surface area contributed by atoms with Crippen LogP contribution in [0.25, 0.3) is 10.9 Å². The molecule has 1 amide bonds. The van der Waals surface area contributed by atoms with Crippen LogP contribution in [0.5, 0.6) is 0 Å². The molecule has 2 aromatic rings. The molecule has 1 aliphatic rings. The Bertz CT molecular complexity index is 744. The Labute approximate surface area is 148 Å². The third-order valence-electron chi connectivity index (χ3n) is 4.85. The number of aryl methyl sites for hydroxylation is 2. The summed E-state index contributed by atoms with van der Waals surface area (Å²) >= 11 is 1.59. The largest absolute Gasteiger partial charge is 0.339 e. The van der Waals surface area contributed by atoms with Gasteiger partial charge < -0.3 is 4.90 Å². The molecule has 1 saturated heterocycles. The molecule has 2 heterocycles. The monoisotopic (exact) mass is 342 g/mol. The highest BCUT2D eigenvalue weighted by atomic mass is 32.2. The Morgan fingerprint density at radius 1 is 1.33 bits per heavy atom. The number of amides is 1. The lowest BCUT2D eigenvalue weighted by atomic mass is 10.0. The molecular weight excluding hydrogens is 316 g/mol. The van der Waals surface area contributed by atoms with Crippen LogP contribution >= 0.6 is 11.8 Å². The van der Waals surface area contributed by atoms with E-state index in [-0.39, 0.29) is 5.91 Å². The molecule has 1 aromatic heterocycles. The van der Waals surface area contributed by atoms with Crippen molar-refractivity contribution in [3.63, 3.8) is 0 Å². The molecule has 0 spiro atoms. The van der Waals surface area contributed by atoms with Gasteiger partial charge >= 0.3 is 0 Å². The number of carbonyl (C=O) groups excluding carboxylic acids is 1. The van der Waals surface area contributed by atoms with Crippen LogP contribution in [-0.2, 0) is 11.2 Å². The molecule has 0 unspecified atom stereocenters. The minimum absolute atomic E-state index is 0.250. The molecule has 1 aromatic carbocycles. The van der Waals surface area contributed by atoms with E-state index in [1.54, 1.807) is 11.8 Å². The smallest absolute Gasteiger partial charge is 0.233 e. The normalized spacial score (nSPS) is 18.1. The first kappa shape index (κ1) is 17.3. The molecule has 1 aliphatic heterocycles. The fourth-order valence-corrected chi connectivity index (χ4v) is 4.34. The van der Waals surface area contributed by atoms with Gasteiger partial charge in [-0.1, -0.05) is 30.8 Å². The van der Waals surface area contributed by atoms with Crippen LogP contribution in [0.4, 0.5) is 0 Å². The fraction of sp³-hybridized carbons (Fsp3) is 0.500. The summed E-state index contributed by atoms with van der Waals surface area (Å²) in [6, 6.07) is 8.97. The van der Waals surface area contributed by atoms with Crippen LogP contribution < -0.4 is 0 Å². The van der Waals surface area contributed by atoms with Gasteiger partial charge in [-0.05, 0) is 62.8 Å². The first-order valence-electron chi connectivity index (χ1n) is 8.91. The number of fused-ring (bicyclic) bond motifs is 1. The van der Waals surface area contributed by atoms with Crippen molar-refractivity contribution in [2.75, 3.05) is 12.3 Å². The zero-order chi connectivity index (χ0) is 17.1. The first-order chi connectivity index (χ1) is 11.6. The molecule has 0 saturated carbocycles. The van der Waals surface area contributed by atoms with E-state index in [2.05, 4.69) is 45.0 Å². The van der Waals surface area contributed by atoms with E-state index >= 15 is 0 Å². The van der Waals surface area contributed by atoms with Gasteiger partial charge in [-0.25, -0.2) is 4.98 Å². The molecule has 4 heteroatoms. The van der Waals surface area contributed by atoms with E-state index in [1.165, 1.54) is 22.9 Å². The summed E-state index contributed by atoms with van der Waals surface area (Å²) in [5.74, 6) is 0.738. The van der Waals surface area contributed by atoms with Gasteiger partial charge in [0, 0.05) is 18.0 Å². The molecule has 128 valence electrons. The lowest BCUT2D eigenvalue weighted by Crippen LogP contribution is -2.42. The van der Waals surface area contributed by atoms with Gasteiger partial charge in [0.15, 0.2) is 0 Å². The van der Waals surface area contributed by atoms with E-state index in [1.807, 2.05) is 4.90 Å². The predicted octanol–water partition coefficient (Wildman–Crippen LogP) is 4.60. The average molecular weight is 343 g/mol. The number of piperidine rings is 1. The summed E-state index contributed by atoms with van der Waals surface area (Å²) < 4.78 is 0. The molecule has 0 aliphatic carbocycles. The van der Waals surface area contributed by atoms with Gasteiger partial charge in [-0.2, -0.15) is 0 Å². The zero-order valence-corrected chi connectivity index (χ0v) is 15.7. The Morgan fingerprint density at radius 2 is 2.17 bits per heavy atom. The average Bonchev–Trinajstić information content (AvgIpc) is 2.59. The minimum atomic E-state index is 0.250. The summed E-state index contributed by atoms with van der Waals surface area (Å²) in [6.45, 7) is 7.31. The highest BCUT2D eigenvalue weighted by Gasteiger charge is 2.23. The molecule has 0 bridgehead atoms. The number of hydrogen-bond acceptors (Lipinski definition) is 3. The molecule has 3 nitrogen and oxygen atoms in total. The fourth-order valence-electron chi connectivity index (χ4n) is 3.36. The van der Waals surface area contributed by atoms with Gasteiger partial charge in [0.05, 0.1) is 11.3 Å². The lowest BCUT2D eigenvalue weighted by molar-refractivity contribution is -0.131. The van der Waals surface area contributed by atoms with E-state index in [0.29, 0.717) is 11.8 Å². The number of rotatable bonds is 4. The van der Waals surface area contributed by atoms with E-state index in [0.717, 1.165) is 36.3 Å². The number of pyridine rings is 1. The van der Waals surface area contributed by atoms with Crippen LogP contribution in [0.2, 0.25) is 0 Å². The summed E-state index contributed by atoms with van der Waals surface area (Å²) in [7, 11) is 0. The van der Waals surface area contributed by atoms with Gasteiger partial charge in [0.2, 0.25) is 5.91 Å². The second-order valence-corrected chi connectivity index (χ2v) is 7.69. The summed E-state index contributed by atoms with van der Waals surface area (Å²) in [5.41, 5.74) is 3.47. The summed E-state index contributed by atoms with van der Waals surface area (Å²) in [6.07, 6.45) is 4.44. The first-order valence-corrected chi connectivity index (χ1v) is 9.89. The highest BCUT2D eigenvalue weighted by molar-refractivity contribution is 7.99. The quantitative estimate of drug-likeness (QED) is 0.762. The second kappa shape index (κ2) is 7.56. The van der Waals surface area contributed by atoms with E-state index in [9.17, 15) is 4.79 Å². The van der Waals surface area contributed by atoms with Crippen molar-refractivity contribution in [1.29, 1.82) is 0 Å². The Kier molecular flexibility index (Phi) is 5.44. The van der Waals surface area contributed by atoms with Crippen LogP contribution in [-0.4, -0.2) is 34.1 Å². The number of thioether (sulfide) groups is 1. The Balaban J connectivity index is 1.77. The van der Waals surface area contributed by atoms with Crippen molar-refractivity contribution in [1.82, 2.24) is 9.88 Å². The van der Waals surface area contributed by atoms with Gasteiger partial charge in [-0.3, -0.25) is 4.79 Å². The molecule has 0 radical (unpaired) electrons. The Morgan fingerprint density at radius 3 is 2.92 bits per heavy atom. The second-order valence-electron chi connectivity index (χ2n) is 6.72. The zero-order valence-electron chi connectivity index (χ0n) is 14.8. The number of carbonyl (C=O) groups is 1. The standard InChI is InChI=1S/C20H26N2OS/c1-4-16-12-17-9-8-14(2)11-18(17)21-20(16)24-13-19(23)22-10-6-5-7-15(22)3/h8-9,11-12,15H,4-7,10,13H2,1-3H3/t15-/m1/s1. The summed E-state index contributed by atoms with van der Waals surface area (Å²) in [4.78, 5) is 19.5. The highest BCUT2D eigenvalue weighted by Crippen LogP contribution is 2.27. The van der Waals surface area contributed by atoms with Crippen LogP contribution in [0.3, 0.4) is 0 Å². The van der Waals surface area contributed by atoms with Crippen molar-refractivity contribution in [2.45, 2.75) is 57.5 Å². The predicted molar refractivity (Wildman–Crippen MR) is 102 cm³/mol. The molecule has 3 rings (SSSR count).